The van der Waals surface area contributed by atoms with Crippen molar-refractivity contribution in [3.8, 4) is 0 Å². The second-order valence-electron chi connectivity index (χ2n) is 8.13. The monoisotopic (exact) mass is 362 g/mol. The molecule has 0 aromatic carbocycles. The molecule has 8 nitrogen and oxygen atoms in total. The van der Waals surface area contributed by atoms with Gasteiger partial charge in [-0.05, 0) is 56.4 Å². The standard InChI is InChI=1S/C17H42N6O2/c1-18(2)12-22(13-19(3)4)10-16(24)9-17(25)11-23(14-20(5)6)15-21(7)8/h16-17,24-25H,9-15H2,1-8H3. The molecule has 0 spiro atoms. The van der Waals surface area contributed by atoms with Crippen molar-refractivity contribution in [3.63, 3.8) is 0 Å². The zero-order valence-electron chi connectivity index (χ0n) is 17.7. The molecule has 2 unspecified atom stereocenters. The molecule has 8 heteroatoms. The van der Waals surface area contributed by atoms with Crippen LogP contribution in [0.25, 0.3) is 0 Å². The summed E-state index contributed by atoms with van der Waals surface area (Å²) in [4.78, 5) is 12.7. The summed E-state index contributed by atoms with van der Waals surface area (Å²) in [5.74, 6) is 0. The minimum atomic E-state index is -0.546. The number of aliphatic hydroxyl groups excluding tert-OH is 2. The highest BCUT2D eigenvalue weighted by Crippen LogP contribution is 2.05. The Labute approximate surface area is 155 Å². The lowest BCUT2D eigenvalue weighted by molar-refractivity contribution is 0.00582. The fourth-order valence-corrected chi connectivity index (χ4v) is 2.98. The van der Waals surface area contributed by atoms with Crippen molar-refractivity contribution < 1.29 is 10.2 Å². The lowest BCUT2D eigenvalue weighted by Gasteiger charge is -2.32. The van der Waals surface area contributed by atoms with Gasteiger partial charge in [0.05, 0.1) is 38.9 Å². The van der Waals surface area contributed by atoms with Gasteiger partial charge < -0.3 is 10.2 Å². The molecule has 0 aliphatic carbocycles. The smallest absolute Gasteiger partial charge is 0.0693 e. The molecule has 0 fully saturated rings. The first-order chi connectivity index (χ1) is 11.5. The van der Waals surface area contributed by atoms with Crippen molar-refractivity contribution in [2.24, 2.45) is 0 Å². The fourth-order valence-electron chi connectivity index (χ4n) is 2.98. The first-order valence-corrected chi connectivity index (χ1v) is 8.89. The van der Waals surface area contributed by atoms with Gasteiger partial charge in [0, 0.05) is 19.5 Å². The van der Waals surface area contributed by atoms with E-state index in [0.717, 1.165) is 26.7 Å². The van der Waals surface area contributed by atoms with Gasteiger partial charge in [-0.25, -0.2) is 0 Å². The number of nitrogens with zero attached hydrogens (tertiary/aromatic N) is 6. The predicted molar refractivity (Wildman–Crippen MR) is 104 cm³/mol. The Morgan fingerprint density at radius 1 is 0.520 bits per heavy atom. The number of hydrogen-bond acceptors (Lipinski definition) is 8. The highest BCUT2D eigenvalue weighted by atomic mass is 16.3. The molecule has 0 saturated carbocycles. The molecular weight excluding hydrogens is 320 g/mol. The summed E-state index contributed by atoms with van der Waals surface area (Å²) in [5.41, 5.74) is 0. The molecule has 0 aromatic rings. The maximum absolute atomic E-state index is 10.4. The molecule has 0 bridgehead atoms. The summed E-state index contributed by atoms with van der Waals surface area (Å²) < 4.78 is 0. The maximum Gasteiger partial charge on any atom is 0.0693 e. The Kier molecular flexibility index (Phi) is 12.8. The molecule has 0 rings (SSSR count). The zero-order chi connectivity index (χ0) is 19.6. The van der Waals surface area contributed by atoms with Crippen LogP contribution < -0.4 is 0 Å². The Morgan fingerprint density at radius 3 is 0.960 bits per heavy atom. The van der Waals surface area contributed by atoms with Gasteiger partial charge in [-0.2, -0.15) is 0 Å². The Bertz CT molecular complexity index is 278. The van der Waals surface area contributed by atoms with E-state index in [4.69, 9.17) is 0 Å². The number of hydrogen-bond donors (Lipinski definition) is 2. The van der Waals surface area contributed by atoms with Gasteiger partial charge in [0.1, 0.15) is 0 Å². The van der Waals surface area contributed by atoms with E-state index in [-0.39, 0.29) is 0 Å². The van der Waals surface area contributed by atoms with E-state index in [1.165, 1.54) is 0 Å². The number of aliphatic hydroxyl groups is 2. The Morgan fingerprint density at radius 2 is 0.760 bits per heavy atom. The first kappa shape index (κ1) is 24.7. The number of rotatable bonds is 14. The fraction of sp³-hybridized carbons (Fsp3) is 1.00. The average molecular weight is 363 g/mol. The van der Waals surface area contributed by atoms with Crippen molar-refractivity contribution in [1.82, 2.24) is 29.4 Å². The minimum Gasteiger partial charge on any atom is -0.392 e. The third kappa shape index (κ3) is 14.5. The van der Waals surface area contributed by atoms with Gasteiger partial charge in [0.25, 0.3) is 0 Å². The van der Waals surface area contributed by atoms with Crippen LogP contribution in [0.15, 0.2) is 0 Å². The molecule has 2 atom stereocenters. The van der Waals surface area contributed by atoms with Crippen molar-refractivity contribution in [1.29, 1.82) is 0 Å². The highest BCUT2D eigenvalue weighted by molar-refractivity contribution is 4.71. The highest BCUT2D eigenvalue weighted by Gasteiger charge is 2.19. The summed E-state index contributed by atoms with van der Waals surface area (Å²) in [6, 6.07) is 0. The zero-order valence-corrected chi connectivity index (χ0v) is 17.7. The molecule has 0 amide bonds. The normalized spacial score (nSPS) is 15.4. The molecule has 0 aliphatic rings. The largest absolute Gasteiger partial charge is 0.392 e. The van der Waals surface area contributed by atoms with Crippen LogP contribution in [0.4, 0.5) is 0 Å². The molecular formula is C17H42N6O2. The van der Waals surface area contributed by atoms with Crippen LogP contribution >= 0.6 is 0 Å². The minimum absolute atomic E-state index is 0.384. The molecule has 2 N–H and O–H groups in total. The Hall–Kier alpha value is -0.320. The van der Waals surface area contributed by atoms with Gasteiger partial charge in [0.15, 0.2) is 0 Å². The summed E-state index contributed by atoms with van der Waals surface area (Å²) >= 11 is 0. The van der Waals surface area contributed by atoms with E-state index in [0.29, 0.717) is 19.5 Å². The van der Waals surface area contributed by atoms with E-state index in [2.05, 4.69) is 29.4 Å². The third-order valence-electron chi connectivity index (χ3n) is 3.41. The van der Waals surface area contributed by atoms with Gasteiger partial charge in [0.2, 0.25) is 0 Å². The quantitative estimate of drug-likeness (QED) is 0.373. The van der Waals surface area contributed by atoms with Crippen molar-refractivity contribution >= 4 is 0 Å². The van der Waals surface area contributed by atoms with Crippen LogP contribution in [0.5, 0.6) is 0 Å². The first-order valence-electron chi connectivity index (χ1n) is 8.89. The van der Waals surface area contributed by atoms with Gasteiger partial charge in [-0.3, -0.25) is 29.4 Å². The van der Waals surface area contributed by atoms with Crippen molar-refractivity contribution in [2.75, 3.05) is 96.1 Å². The molecule has 0 aromatic heterocycles. The van der Waals surface area contributed by atoms with E-state index in [9.17, 15) is 10.2 Å². The summed E-state index contributed by atoms with van der Waals surface area (Å²) in [5, 5.41) is 20.8. The topological polar surface area (TPSA) is 59.9 Å². The van der Waals surface area contributed by atoms with E-state index in [1.807, 2.05) is 56.4 Å². The van der Waals surface area contributed by atoms with Crippen LogP contribution in [-0.2, 0) is 0 Å². The van der Waals surface area contributed by atoms with E-state index < -0.39 is 12.2 Å². The Balaban J connectivity index is 4.49. The van der Waals surface area contributed by atoms with Crippen LogP contribution in [-0.4, -0.2) is 148 Å². The molecule has 25 heavy (non-hydrogen) atoms. The van der Waals surface area contributed by atoms with Crippen LogP contribution in [0.1, 0.15) is 6.42 Å². The van der Waals surface area contributed by atoms with Crippen LogP contribution in [0.3, 0.4) is 0 Å². The van der Waals surface area contributed by atoms with Crippen molar-refractivity contribution in [2.45, 2.75) is 18.6 Å². The predicted octanol–water partition coefficient (Wildman–Crippen LogP) is -1.22. The van der Waals surface area contributed by atoms with Crippen molar-refractivity contribution in [3.05, 3.63) is 0 Å². The molecule has 0 saturated heterocycles. The summed E-state index contributed by atoms with van der Waals surface area (Å²) in [6.07, 6.45) is -0.708. The van der Waals surface area contributed by atoms with Gasteiger partial charge >= 0.3 is 0 Å². The lowest BCUT2D eigenvalue weighted by Crippen LogP contribution is -2.46. The second kappa shape index (κ2) is 12.9. The molecule has 0 radical (unpaired) electrons. The SMILES string of the molecule is CN(C)CN(CC(O)CC(O)CN(CN(C)C)CN(C)C)CN(C)C. The molecule has 0 heterocycles. The van der Waals surface area contributed by atoms with Gasteiger partial charge in [-0.15, -0.1) is 0 Å². The third-order valence-corrected chi connectivity index (χ3v) is 3.41. The summed E-state index contributed by atoms with van der Waals surface area (Å²) in [7, 11) is 16.1. The van der Waals surface area contributed by atoms with Gasteiger partial charge in [-0.1, -0.05) is 0 Å². The van der Waals surface area contributed by atoms with Crippen LogP contribution in [0.2, 0.25) is 0 Å². The summed E-state index contributed by atoms with van der Waals surface area (Å²) in [6.45, 7) is 4.21. The van der Waals surface area contributed by atoms with E-state index in [1.54, 1.807) is 0 Å². The maximum atomic E-state index is 10.4. The molecule has 0 aliphatic heterocycles. The average Bonchev–Trinajstić information content (AvgIpc) is 2.33. The lowest BCUT2D eigenvalue weighted by atomic mass is 10.1. The van der Waals surface area contributed by atoms with Crippen LogP contribution in [0, 0.1) is 0 Å². The van der Waals surface area contributed by atoms with E-state index >= 15 is 0 Å². The second-order valence-corrected chi connectivity index (χ2v) is 8.13. The molecule has 152 valence electrons.